The molecule has 128 valence electrons. The van der Waals surface area contributed by atoms with Crippen molar-refractivity contribution in [2.75, 3.05) is 12.4 Å². The molecule has 0 aliphatic carbocycles. The summed E-state index contributed by atoms with van der Waals surface area (Å²) in [5.74, 6) is 0.616. The van der Waals surface area contributed by atoms with Gasteiger partial charge < -0.3 is 10.6 Å². The van der Waals surface area contributed by atoms with E-state index in [-0.39, 0.29) is 0 Å². The number of hydrogen-bond donors (Lipinski definition) is 3. The summed E-state index contributed by atoms with van der Waals surface area (Å²) in [6.45, 7) is 0. The van der Waals surface area contributed by atoms with Gasteiger partial charge in [-0.05, 0) is 17.8 Å². The zero-order valence-electron chi connectivity index (χ0n) is 14.0. The smallest absolute Gasteiger partial charge is 0.180 e. The third-order valence-electron chi connectivity index (χ3n) is 4.05. The Morgan fingerprint density at radius 1 is 0.923 bits per heavy atom. The van der Waals surface area contributed by atoms with E-state index in [0.717, 1.165) is 27.8 Å². The molecule has 0 saturated carbocycles. The lowest BCUT2D eigenvalue weighted by Gasteiger charge is -2.11. The number of nitrogens with one attached hydrogen (secondary N) is 3. The first kappa shape index (κ1) is 16.2. The Labute approximate surface area is 155 Å². The molecule has 0 fully saturated rings. The maximum atomic E-state index is 5.24. The van der Waals surface area contributed by atoms with E-state index in [1.165, 1.54) is 0 Å². The molecule has 0 spiro atoms. The van der Waals surface area contributed by atoms with Crippen molar-refractivity contribution in [3.8, 4) is 22.4 Å². The summed E-state index contributed by atoms with van der Waals surface area (Å²) >= 11 is 5.24. The van der Waals surface area contributed by atoms with Crippen LogP contribution in [0.4, 0.5) is 5.82 Å². The van der Waals surface area contributed by atoms with Gasteiger partial charge in [-0.3, -0.25) is 5.10 Å². The third-order valence-corrected chi connectivity index (χ3v) is 4.36. The molecule has 0 bridgehead atoms. The van der Waals surface area contributed by atoms with Crippen molar-refractivity contribution in [3.05, 3.63) is 60.7 Å². The van der Waals surface area contributed by atoms with Gasteiger partial charge in [-0.15, -0.1) is 10.2 Å². The van der Waals surface area contributed by atoms with E-state index in [0.29, 0.717) is 16.6 Å². The molecular weight excluding hydrogens is 344 g/mol. The van der Waals surface area contributed by atoms with Crippen LogP contribution in [0.5, 0.6) is 0 Å². The Bertz CT molecular complexity index is 1060. The number of H-pyrrole nitrogens is 1. The SMILES string of the molecule is CNC(=S)Nc1n[nH]c2nnc(-c3ccccc3)c(-c3ccccc3)c12. The summed E-state index contributed by atoms with van der Waals surface area (Å²) in [6, 6.07) is 20.1. The first-order valence-corrected chi connectivity index (χ1v) is 8.53. The Kier molecular flexibility index (Phi) is 4.28. The van der Waals surface area contributed by atoms with Crippen molar-refractivity contribution in [1.29, 1.82) is 0 Å². The second kappa shape index (κ2) is 6.89. The van der Waals surface area contributed by atoms with Gasteiger partial charge in [0.15, 0.2) is 16.6 Å². The second-order valence-corrected chi connectivity index (χ2v) is 6.06. The van der Waals surface area contributed by atoms with E-state index in [9.17, 15) is 0 Å². The zero-order valence-corrected chi connectivity index (χ0v) is 14.8. The third kappa shape index (κ3) is 2.89. The number of aromatic amines is 1. The molecule has 0 atom stereocenters. The summed E-state index contributed by atoms with van der Waals surface area (Å²) in [5, 5.41) is 23.4. The van der Waals surface area contributed by atoms with Crippen molar-refractivity contribution < 1.29 is 0 Å². The summed E-state index contributed by atoms with van der Waals surface area (Å²) in [4.78, 5) is 0. The van der Waals surface area contributed by atoms with Crippen molar-refractivity contribution in [2.45, 2.75) is 0 Å². The summed E-state index contributed by atoms with van der Waals surface area (Å²) in [6.07, 6.45) is 0. The van der Waals surface area contributed by atoms with Crippen LogP contribution in [0.2, 0.25) is 0 Å². The largest absolute Gasteiger partial charge is 0.365 e. The highest BCUT2D eigenvalue weighted by Gasteiger charge is 2.20. The molecule has 3 N–H and O–H groups in total. The van der Waals surface area contributed by atoms with E-state index < -0.39 is 0 Å². The lowest BCUT2D eigenvalue weighted by atomic mass is 9.97. The van der Waals surface area contributed by atoms with Gasteiger partial charge in [0.1, 0.15) is 5.69 Å². The van der Waals surface area contributed by atoms with Gasteiger partial charge in [0.05, 0.1) is 5.39 Å². The lowest BCUT2D eigenvalue weighted by molar-refractivity contribution is 1.03. The predicted octanol–water partition coefficient (Wildman–Crippen LogP) is 3.60. The monoisotopic (exact) mass is 360 g/mol. The van der Waals surface area contributed by atoms with Crippen molar-refractivity contribution in [2.24, 2.45) is 0 Å². The number of benzene rings is 2. The molecule has 4 aromatic rings. The highest BCUT2D eigenvalue weighted by Crippen LogP contribution is 2.37. The molecule has 0 aliphatic heterocycles. The summed E-state index contributed by atoms with van der Waals surface area (Å²) in [7, 11) is 1.76. The quantitative estimate of drug-likeness (QED) is 0.485. The molecule has 2 aromatic heterocycles. The molecule has 4 rings (SSSR count). The molecule has 0 amide bonds. The maximum Gasteiger partial charge on any atom is 0.180 e. The highest BCUT2D eigenvalue weighted by atomic mass is 32.1. The van der Waals surface area contributed by atoms with E-state index in [2.05, 4.69) is 43.2 Å². The van der Waals surface area contributed by atoms with Gasteiger partial charge in [-0.2, -0.15) is 5.10 Å². The van der Waals surface area contributed by atoms with E-state index in [1.807, 2.05) is 48.5 Å². The standard InChI is InChI=1S/C19H16N6S/c1-20-19(26)21-17-15-14(12-8-4-2-5-9-12)16(13-10-6-3-7-11-13)22-24-18(15)25-23-17/h2-11H,1H3,(H3,20,21,23,24,25,26). The zero-order chi connectivity index (χ0) is 17.9. The molecule has 2 aromatic carbocycles. The van der Waals surface area contributed by atoms with E-state index >= 15 is 0 Å². The number of rotatable bonds is 3. The fourth-order valence-corrected chi connectivity index (χ4v) is 2.95. The van der Waals surface area contributed by atoms with Crippen LogP contribution in [0.1, 0.15) is 0 Å². The molecule has 0 aliphatic rings. The fraction of sp³-hybridized carbons (Fsp3) is 0.0526. The first-order valence-electron chi connectivity index (χ1n) is 8.12. The highest BCUT2D eigenvalue weighted by molar-refractivity contribution is 7.80. The maximum absolute atomic E-state index is 5.24. The van der Waals surface area contributed by atoms with Gasteiger partial charge in [-0.25, -0.2) is 0 Å². The number of nitrogens with zero attached hydrogens (tertiary/aromatic N) is 3. The summed E-state index contributed by atoms with van der Waals surface area (Å²) in [5.41, 5.74) is 4.38. The van der Waals surface area contributed by atoms with Gasteiger partial charge in [0.2, 0.25) is 0 Å². The molecule has 0 radical (unpaired) electrons. The van der Waals surface area contributed by atoms with Crippen LogP contribution in [0.25, 0.3) is 33.4 Å². The van der Waals surface area contributed by atoms with Crippen LogP contribution >= 0.6 is 12.2 Å². The van der Waals surface area contributed by atoms with E-state index in [4.69, 9.17) is 12.2 Å². The normalized spacial score (nSPS) is 10.7. The van der Waals surface area contributed by atoms with Crippen LogP contribution < -0.4 is 10.6 Å². The van der Waals surface area contributed by atoms with E-state index in [1.54, 1.807) is 7.05 Å². The summed E-state index contributed by atoms with van der Waals surface area (Å²) < 4.78 is 0. The average molecular weight is 360 g/mol. The molecular formula is C19H16N6S. The van der Waals surface area contributed by atoms with Crippen molar-refractivity contribution in [1.82, 2.24) is 25.7 Å². The minimum atomic E-state index is 0.482. The van der Waals surface area contributed by atoms with Crippen LogP contribution in [0.3, 0.4) is 0 Å². The minimum Gasteiger partial charge on any atom is -0.365 e. The Hall–Kier alpha value is -3.32. The predicted molar refractivity (Wildman–Crippen MR) is 108 cm³/mol. The average Bonchev–Trinajstić information content (AvgIpc) is 3.11. The van der Waals surface area contributed by atoms with Gasteiger partial charge in [0.25, 0.3) is 0 Å². The van der Waals surface area contributed by atoms with Gasteiger partial charge >= 0.3 is 0 Å². The van der Waals surface area contributed by atoms with Crippen molar-refractivity contribution >= 4 is 34.2 Å². The van der Waals surface area contributed by atoms with Crippen LogP contribution in [-0.4, -0.2) is 32.6 Å². The minimum absolute atomic E-state index is 0.482. The first-order chi connectivity index (χ1) is 12.8. The van der Waals surface area contributed by atoms with Crippen molar-refractivity contribution in [3.63, 3.8) is 0 Å². The van der Waals surface area contributed by atoms with Gasteiger partial charge in [0, 0.05) is 18.2 Å². The molecule has 2 heterocycles. The molecule has 0 saturated heterocycles. The molecule has 6 nitrogen and oxygen atoms in total. The Morgan fingerprint density at radius 3 is 2.23 bits per heavy atom. The Balaban J connectivity index is 2.03. The van der Waals surface area contributed by atoms with Crippen LogP contribution in [0.15, 0.2) is 60.7 Å². The number of thiocarbonyl (C=S) groups is 1. The lowest BCUT2D eigenvalue weighted by Crippen LogP contribution is -2.24. The topological polar surface area (TPSA) is 78.5 Å². The molecule has 0 unspecified atom stereocenters. The van der Waals surface area contributed by atoms with Gasteiger partial charge in [-0.1, -0.05) is 60.7 Å². The number of anilines is 1. The number of aromatic nitrogens is 4. The second-order valence-electron chi connectivity index (χ2n) is 5.66. The molecule has 7 heteroatoms. The van der Waals surface area contributed by atoms with Crippen LogP contribution in [0, 0.1) is 0 Å². The fourth-order valence-electron chi connectivity index (χ4n) is 2.85. The number of fused-ring (bicyclic) bond motifs is 1. The molecule has 26 heavy (non-hydrogen) atoms. The number of hydrogen-bond acceptors (Lipinski definition) is 4. The van der Waals surface area contributed by atoms with Crippen LogP contribution in [-0.2, 0) is 0 Å². The Morgan fingerprint density at radius 2 is 1.58 bits per heavy atom.